The van der Waals surface area contributed by atoms with Crippen LogP contribution in [-0.4, -0.2) is 45.4 Å². The van der Waals surface area contributed by atoms with Gasteiger partial charge in [-0.3, -0.25) is 9.59 Å². The molecular weight excluding hydrogens is 416 g/mol. The largest absolute Gasteiger partial charge is 0.493 e. The van der Waals surface area contributed by atoms with E-state index in [0.29, 0.717) is 22.3 Å². The molecule has 2 heterocycles. The molecule has 0 aliphatic heterocycles. The average Bonchev–Trinajstić information content (AvgIpc) is 3.15. The van der Waals surface area contributed by atoms with Gasteiger partial charge in [-0.05, 0) is 25.1 Å². The summed E-state index contributed by atoms with van der Waals surface area (Å²) < 4.78 is 10.5. The maximum Gasteiger partial charge on any atom is 0.255 e. The topological polar surface area (TPSA) is 126 Å². The summed E-state index contributed by atoms with van der Waals surface area (Å²) in [6.45, 7) is 1.66. The van der Waals surface area contributed by atoms with Gasteiger partial charge in [0, 0.05) is 10.9 Å². The number of carbonyl (C=O) groups is 1. The van der Waals surface area contributed by atoms with Crippen LogP contribution in [0, 0.1) is 0 Å². The van der Waals surface area contributed by atoms with Crippen molar-refractivity contribution in [1.82, 2.24) is 15.0 Å². The third-order valence-corrected chi connectivity index (χ3v) is 5.52. The molecule has 2 aromatic heterocycles. The fraction of sp³-hybridized carbons (Fsp3) is 0.222. The van der Waals surface area contributed by atoms with Crippen molar-refractivity contribution in [3.05, 3.63) is 40.0 Å². The number of aromatic amines is 1. The van der Waals surface area contributed by atoms with Crippen LogP contribution in [0.3, 0.4) is 0 Å². The van der Waals surface area contributed by atoms with Crippen molar-refractivity contribution in [2.75, 3.05) is 19.5 Å². The number of H-pyrrole nitrogens is 1. The molecule has 9 nitrogen and oxygen atoms in total. The van der Waals surface area contributed by atoms with E-state index in [1.807, 2.05) is 17.5 Å². The van der Waals surface area contributed by atoms with Crippen LogP contribution in [0.2, 0.25) is 0 Å². The summed E-state index contributed by atoms with van der Waals surface area (Å²) in [5.74, 6) is 0.489. The number of anilines is 1. The summed E-state index contributed by atoms with van der Waals surface area (Å²) in [5, 5.41) is 14.0. The number of nitrogens with one attached hydrogen (secondary N) is 2. The molecule has 1 unspecified atom stereocenters. The molecule has 0 saturated carbocycles. The molecule has 0 radical (unpaired) electrons. The minimum absolute atomic E-state index is 0.155. The van der Waals surface area contributed by atoms with Gasteiger partial charge in [-0.2, -0.15) is 4.98 Å². The highest BCUT2D eigenvalue weighted by Gasteiger charge is 2.18. The number of hydrogen-bond donors (Lipinski definition) is 3. The van der Waals surface area contributed by atoms with Crippen molar-refractivity contribution in [2.24, 2.45) is 0 Å². The Labute approximate surface area is 174 Å². The molecule has 3 N–H and O–H groups in total. The standard InChI is InChI=1S/C18H18N4O5S2/c1-9(29-18-20-14(23)7-15(24)21-18)16(25)22-17-19-11(8-28-17)10-4-5-12(26-2)13(6-10)27-3/h4-9H,1-3H3,(H,19,22,25)(H2,20,21,23,24). The van der Waals surface area contributed by atoms with Crippen molar-refractivity contribution < 1.29 is 19.4 Å². The number of benzene rings is 1. The second-order valence-corrected chi connectivity index (χ2v) is 7.95. The number of thioether (sulfide) groups is 1. The lowest BCUT2D eigenvalue weighted by molar-refractivity contribution is -0.115. The van der Waals surface area contributed by atoms with Gasteiger partial charge in [0.1, 0.15) is 0 Å². The number of hydrogen-bond acceptors (Lipinski definition) is 9. The summed E-state index contributed by atoms with van der Waals surface area (Å²) in [6, 6.07) is 6.40. The normalized spacial score (nSPS) is 11.7. The smallest absolute Gasteiger partial charge is 0.255 e. The van der Waals surface area contributed by atoms with Crippen LogP contribution in [0.5, 0.6) is 17.4 Å². The van der Waals surface area contributed by atoms with Crippen LogP contribution >= 0.6 is 23.1 Å². The van der Waals surface area contributed by atoms with Gasteiger partial charge >= 0.3 is 0 Å². The van der Waals surface area contributed by atoms with E-state index < -0.39 is 16.7 Å². The van der Waals surface area contributed by atoms with Gasteiger partial charge in [0.2, 0.25) is 11.8 Å². The van der Waals surface area contributed by atoms with Gasteiger partial charge in [0.05, 0.1) is 31.2 Å². The van der Waals surface area contributed by atoms with Crippen molar-refractivity contribution in [2.45, 2.75) is 17.3 Å². The molecule has 0 spiro atoms. The number of carbonyl (C=O) groups excluding carboxylic acids is 1. The van der Waals surface area contributed by atoms with Crippen molar-refractivity contribution in [3.8, 4) is 28.6 Å². The second-order valence-electron chi connectivity index (χ2n) is 5.77. The monoisotopic (exact) mass is 434 g/mol. The summed E-state index contributed by atoms with van der Waals surface area (Å²) in [5.41, 5.74) is 1.01. The van der Waals surface area contributed by atoms with E-state index in [1.165, 1.54) is 11.3 Å². The molecule has 1 atom stereocenters. The number of aromatic nitrogens is 3. The zero-order valence-electron chi connectivity index (χ0n) is 15.8. The third-order valence-electron chi connectivity index (χ3n) is 3.78. The number of aromatic hydroxyl groups is 1. The van der Waals surface area contributed by atoms with Crippen LogP contribution in [0.25, 0.3) is 11.3 Å². The zero-order valence-corrected chi connectivity index (χ0v) is 17.4. The number of rotatable bonds is 7. The number of methoxy groups -OCH3 is 2. The highest BCUT2D eigenvalue weighted by Crippen LogP contribution is 2.33. The van der Waals surface area contributed by atoms with E-state index >= 15 is 0 Å². The summed E-state index contributed by atoms with van der Waals surface area (Å²) in [6.07, 6.45) is 0. The number of nitrogens with zero attached hydrogens (tertiary/aromatic N) is 2. The highest BCUT2D eigenvalue weighted by atomic mass is 32.2. The van der Waals surface area contributed by atoms with Gasteiger partial charge in [-0.15, -0.1) is 11.3 Å². The molecule has 0 aliphatic rings. The van der Waals surface area contributed by atoms with Gasteiger partial charge in [0.15, 0.2) is 21.8 Å². The van der Waals surface area contributed by atoms with Crippen molar-refractivity contribution in [1.29, 1.82) is 0 Å². The second kappa shape index (κ2) is 8.97. The molecule has 3 aromatic rings. The Kier molecular flexibility index (Phi) is 6.39. The van der Waals surface area contributed by atoms with E-state index in [4.69, 9.17) is 9.47 Å². The number of ether oxygens (including phenoxy) is 2. The number of amides is 1. The predicted molar refractivity (Wildman–Crippen MR) is 111 cm³/mol. The predicted octanol–water partition coefficient (Wildman–Crippen LogP) is 2.74. The van der Waals surface area contributed by atoms with Gasteiger partial charge in [-0.25, -0.2) is 4.98 Å². The van der Waals surface area contributed by atoms with Crippen LogP contribution in [0.1, 0.15) is 6.92 Å². The molecule has 29 heavy (non-hydrogen) atoms. The van der Waals surface area contributed by atoms with E-state index in [9.17, 15) is 14.7 Å². The molecule has 0 saturated heterocycles. The molecule has 0 fully saturated rings. The van der Waals surface area contributed by atoms with Gasteiger partial charge < -0.3 is 24.9 Å². The lowest BCUT2D eigenvalue weighted by atomic mass is 10.1. The fourth-order valence-electron chi connectivity index (χ4n) is 2.37. The first-order valence-electron chi connectivity index (χ1n) is 8.35. The Morgan fingerprint density at radius 3 is 2.69 bits per heavy atom. The van der Waals surface area contributed by atoms with E-state index in [2.05, 4.69) is 20.3 Å². The van der Waals surface area contributed by atoms with E-state index in [-0.39, 0.29) is 11.1 Å². The van der Waals surface area contributed by atoms with Crippen LogP contribution < -0.4 is 20.3 Å². The third kappa shape index (κ3) is 5.06. The van der Waals surface area contributed by atoms with Crippen LogP contribution in [-0.2, 0) is 4.79 Å². The molecule has 152 valence electrons. The first-order valence-corrected chi connectivity index (χ1v) is 10.1. The molecule has 0 bridgehead atoms. The number of thiazole rings is 1. The quantitative estimate of drug-likeness (QED) is 0.383. The molecule has 3 rings (SSSR count). The molecular formula is C18H18N4O5S2. The first-order chi connectivity index (χ1) is 13.9. The Morgan fingerprint density at radius 1 is 1.24 bits per heavy atom. The van der Waals surface area contributed by atoms with E-state index in [0.717, 1.165) is 23.4 Å². The first kappa shape index (κ1) is 20.7. The Balaban J connectivity index is 1.69. The maximum atomic E-state index is 12.4. The lowest BCUT2D eigenvalue weighted by Gasteiger charge is -2.09. The van der Waals surface area contributed by atoms with Crippen molar-refractivity contribution >= 4 is 34.1 Å². The summed E-state index contributed by atoms with van der Waals surface area (Å²) >= 11 is 2.31. The van der Waals surface area contributed by atoms with Crippen LogP contribution in [0.4, 0.5) is 5.13 Å². The Hall–Kier alpha value is -3.05. The Bertz CT molecular complexity index is 1080. The zero-order chi connectivity index (χ0) is 21.0. The van der Waals surface area contributed by atoms with Gasteiger partial charge in [0.25, 0.3) is 5.56 Å². The molecule has 1 aromatic carbocycles. The minimum atomic E-state index is -0.576. The lowest BCUT2D eigenvalue weighted by Crippen LogP contribution is -2.23. The van der Waals surface area contributed by atoms with E-state index in [1.54, 1.807) is 27.2 Å². The maximum absolute atomic E-state index is 12.4. The minimum Gasteiger partial charge on any atom is -0.493 e. The summed E-state index contributed by atoms with van der Waals surface area (Å²) in [7, 11) is 3.12. The molecule has 11 heteroatoms. The SMILES string of the molecule is COc1ccc(-c2csc(NC(=O)C(C)Sc3nc(O)cc(=O)[nH]3)n2)cc1OC. The van der Waals surface area contributed by atoms with Crippen LogP contribution in [0.15, 0.2) is 39.6 Å². The molecule has 0 aliphatic carbocycles. The highest BCUT2D eigenvalue weighted by molar-refractivity contribution is 8.00. The fourth-order valence-corrected chi connectivity index (χ4v) is 3.90. The average molecular weight is 434 g/mol. The van der Waals surface area contributed by atoms with Gasteiger partial charge in [-0.1, -0.05) is 11.8 Å². The van der Waals surface area contributed by atoms with Crippen molar-refractivity contribution in [3.63, 3.8) is 0 Å². The Morgan fingerprint density at radius 2 is 2.00 bits per heavy atom. The summed E-state index contributed by atoms with van der Waals surface area (Å²) in [4.78, 5) is 34.5. The molecule has 1 amide bonds.